The lowest BCUT2D eigenvalue weighted by atomic mass is 10.2. The molecule has 0 bridgehead atoms. The average molecular weight is 364 g/mol. The molecule has 1 amide bonds. The summed E-state index contributed by atoms with van der Waals surface area (Å²) in [5.74, 6) is -0.139. The number of nitrogens with zero attached hydrogens (tertiary/aromatic N) is 2. The van der Waals surface area contributed by atoms with Crippen molar-refractivity contribution >= 4 is 57.7 Å². The summed E-state index contributed by atoms with van der Waals surface area (Å²) >= 11 is 8.69. The van der Waals surface area contributed by atoms with Crippen molar-refractivity contribution in [2.24, 2.45) is 0 Å². The van der Waals surface area contributed by atoms with Crippen molar-refractivity contribution in [2.75, 3.05) is 18.4 Å². The van der Waals surface area contributed by atoms with Gasteiger partial charge in [0.2, 0.25) is 0 Å². The van der Waals surface area contributed by atoms with E-state index in [4.69, 9.17) is 11.6 Å². The van der Waals surface area contributed by atoms with E-state index in [1.165, 1.54) is 16.2 Å². The highest BCUT2D eigenvalue weighted by Gasteiger charge is 2.20. The summed E-state index contributed by atoms with van der Waals surface area (Å²) in [5, 5.41) is 3.55. The molecule has 3 heterocycles. The van der Waals surface area contributed by atoms with E-state index >= 15 is 0 Å². The topological polar surface area (TPSA) is 45.2 Å². The Hall–Kier alpha value is -0.660. The number of aromatic nitrogens is 1. The van der Waals surface area contributed by atoms with Crippen molar-refractivity contribution < 1.29 is 4.79 Å². The van der Waals surface area contributed by atoms with Gasteiger partial charge in [0, 0.05) is 24.4 Å². The van der Waals surface area contributed by atoms with Crippen LogP contribution in [0.2, 0.25) is 4.34 Å². The molecular weight excluding hydrogens is 349 g/mol. The first kappa shape index (κ1) is 16.7. The van der Waals surface area contributed by atoms with Gasteiger partial charge >= 0.3 is 0 Å². The van der Waals surface area contributed by atoms with E-state index < -0.39 is 0 Å². The molecule has 4 nitrogen and oxygen atoms in total. The van der Waals surface area contributed by atoms with Crippen LogP contribution in [0.1, 0.15) is 27.2 Å². The van der Waals surface area contributed by atoms with Crippen LogP contribution in [-0.4, -0.2) is 28.9 Å². The number of hydrogen-bond donors (Lipinski definition) is 1. The Labute approximate surface area is 142 Å². The summed E-state index contributed by atoms with van der Waals surface area (Å²) in [4.78, 5) is 20.8. The molecule has 1 N–H and O–H groups in total. The molecule has 0 aliphatic carbocycles. The van der Waals surface area contributed by atoms with E-state index in [2.05, 4.69) is 22.1 Å². The second-order valence-electron chi connectivity index (χ2n) is 4.57. The van der Waals surface area contributed by atoms with Gasteiger partial charge in [-0.25, -0.2) is 4.98 Å². The number of carbonyl (C=O) groups excluding carboxylic acids is 1. The quantitative estimate of drug-likeness (QED) is 0.898. The van der Waals surface area contributed by atoms with Crippen LogP contribution in [0, 0.1) is 0 Å². The number of nitrogens with one attached hydrogen (secondary N) is 1. The fraction of sp³-hybridized carbons (Fsp3) is 0.385. The molecule has 2 aromatic heterocycles. The number of halogens is 2. The standard InChI is InChI=1S/C13H14ClN3OS2.ClH/c1-2-17-6-5-8-10(7-17)20-13(15-8)16-12(18)9-3-4-11(14)19-9;/h3-4H,2,5-7H2,1H3,(H,15,16,18);1H. The zero-order valence-electron chi connectivity index (χ0n) is 11.4. The molecular formula is C13H15Cl2N3OS2. The third-order valence-corrected chi connectivity index (χ3v) is 5.50. The lowest BCUT2D eigenvalue weighted by Gasteiger charge is -2.23. The molecule has 8 heteroatoms. The van der Waals surface area contributed by atoms with Crippen LogP contribution in [0.4, 0.5) is 5.13 Å². The highest BCUT2D eigenvalue weighted by molar-refractivity contribution is 7.18. The smallest absolute Gasteiger partial charge is 0.267 e. The van der Waals surface area contributed by atoms with E-state index in [0.29, 0.717) is 14.3 Å². The van der Waals surface area contributed by atoms with Crippen molar-refractivity contribution in [3.8, 4) is 0 Å². The van der Waals surface area contributed by atoms with E-state index in [1.807, 2.05) is 0 Å². The molecule has 114 valence electrons. The molecule has 0 saturated heterocycles. The van der Waals surface area contributed by atoms with Gasteiger partial charge in [-0.1, -0.05) is 18.5 Å². The van der Waals surface area contributed by atoms with Crippen LogP contribution >= 0.6 is 46.7 Å². The number of rotatable bonds is 3. The predicted octanol–water partition coefficient (Wildman–Crippen LogP) is 3.91. The number of amides is 1. The van der Waals surface area contributed by atoms with E-state index in [-0.39, 0.29) is 18.3 Å². The highest BCUT2D eigenvalue weighted by Crippen LogP contribution is 2.29. The Balaban J connectivity index is 0.00000161. The molecule has 0 aromatic carbocycles. The third-order valence-electron chi connectivity index (χ3n) is 3.27. The average Bonchev–Trinajstić information content (AvgIpc) is 3.03. The van der Waals surface area contributed by atoms with Crippen molar-refractivity contribution in [1.82, 2.24) is 9.88 Å². The molecule has 0 saturated carbocycles. The summed E-state index contributed by atoms with van der Waals surface area (Å²) in [7, 11) is 0. The van der Waals surface area contributed by atoms with Gasteiger partial charge < -0.3 is 0 Å². The summed E-state index contributed by atoms with van der Waals surface area (Å²) in [6.45, 7) is 5.19. The normalized spacial score (nSPS) is 14.4. The molecule has 0 unspecified atom stereocenters. The number of fused-ring (bicyclic) bond motifs is 1. The first-order valence-electron chi connectivity index (χ1n) is 6.43. The zero-order valence-corrected chi connectivity index (χ0v) is 14.6. The predicted molar refractivity (Wildman–Crippen MR) is 91.3 cm³/mol. The van der Waals surface area contributed by atoms with Crippen LogP contribution < -0.4 is 5.32 Å². The van der Waals surface area contributed by atoms with Gasteiger partial charge in [0.05, 0.1) is 14.9 Å². The van der Waals surface area contributed by atoms with Gasteiger partial charge in [-0.2, -0.15) is 0 Å². The molecule has 2 aromatic rings. The van der Waals surface area contributed by atoms with Crippen LogP contribution in [0.3, 0.4) is 0 Å². The first-order chi connectivity index (χ1) is 9.65. The van der Waals surface area contributed by atoms with Gasteiger partial charge in [0.15, 0.2) is 5.13 Å². The molecule has 1 aliphatic rings. The third kappa shape index (κ3) is 3.76. The van der Waals surface area contributed by atoms with E-state index in [1.54, 1.807) is 23.5 Å². The van der Waals surface area contributed by atoms with E-state index in [0.717, 1.165) is 31.7 Å². The largest absolute Gasteiger partial charge is 0.298 e. The van der Waals surface area contributed by atoms with Gasteiger partial charge in [-0.05, 0) is 18.7 Å². The fourth-order valence-corrected chi connectivity index (χ4v) is 4.15. The first-order valence-corrected chi connectivity index (χ1v) is 8.44. The minimum absolute atomic E-state index is 0. The van der Waals surface area contributed by atoms with Crippen molar-refractivity contribution in [3.63, 3.8) is 0 Å². The van der Waals surface area contributed by atoms with E-state index in [9.17, 15) is 4.79 Å². The van der Waals surface area contributed by atoms with Crippen LogP contribution in [-0.2, 0) is 13.0 Å². The molecule has 0 radical (unpaired) electrons. The van der Waals surface area contributed by atoms with Gasteiger partial charge in [-0.15, -0.1) is 35.1 Å². The molecule has 0 spiro atoms. The second kappa shape index (κ2) is 7.07. The van der Waals surface area contributed by atoms with Gasteiger partial charge in [0.25, 0.3) is 5.91 Å². The second-order valence-corrected chi connectivity index (χ2v) is 7.36. The molecule has 21 heavy (non-hydrogen) atoms. The van der Waals surface area contributed by atoms with Crippen LogP contribution in [0.25, 0.3) is 0 Å². The van der Waals surface area contributed by atoms with Crippen molar-refractivity contribution in [1.29, 1.82) is 0 Å². The molecule has 0 fully saturated rings. The molecule has 1 aliphatic heterocycles. The maximum Gasteiger partial charge on any atom is 0.267 e. The Bertz CT molecular complexity index is 641. The number of likely N-dealkylation sites (N-methyl/N-ethyl adjacent to an activating group) is 1. The van der Waals surface area contributed by atoms with Crippen molar-refractivity contribution in [3.05, 3.63) is 31.9 Å². The summed E-state index contributed by atoms with van der Waals surface area (Å²) < 4.78 is 0.618. The molecule has 3 rings (SSSR count). The highest BCUT2D eigenvalue weighted by atomic mass is 35.5. The number of carbonyl (C=O) groups is 1. The monoisotopic (exact) mass is 363 g/mol. The Morgan fingerprint density at radius 1 is 1.48 bits per heavy atom. The maximum absolute atomic E-state index is 12.1. The Morgan fingerprint density at radius 3 is 2.95 bits per heavy atom. The van der Waals surface area contributed by atoms with Crippen LogP contribution in [0.15, 0.2) is 12.1 Å². The Morgan fingerprint density at radius 2 is 2.29 bits per heavy atom. The van der Waals surface area contributed by atoms with Crippen LogP contribution in [0.5, 0.6) is 0 Å². The minimum Gasteiger partial charge on any atom is -0.298 e. The SMILES string of the molecule is CCN1CCc2nc(NC(=O)c3ccc(Cl)s3)sc2C1.Cl. The molecule has 0 atom stereocenters. The summed E-state index contributed by atoms with van der Waals surface area (Å²) in [6, 6.07) is 3.46. The fourth-order valence-electron chi connectivity index (χ4n) is 2.17. The minimum atomic E-state index is -0.139. The number of thiophene rings is 1. The number of anilines is 1. The Kier molecular flexibility index (Phi) is 5.62. The number of thiazole rings is 1. The lowest BCUT2D eigenvalue weighted by Crippen LogP contribution is -2.29. The summed E-state index contributed by atoms with van der Waals surface area (Å²) in [6.07, 6.45) is 0.959. The lowest BCUT2D eigenvalue weighted by molar-refractivity contribution is 0.103. The number of hydrogen-bond acceptors (Lipinski definition) is 5. The van der Waals surface area contributed by atoms with Crippen molar-refractivity contribution in [2.45, 2.75) is 19.9 Å². The zero-order chi connectivity index (χ0) is 14.1. The summed E-state index contributed by atoms with van der Waals surface area (Å²) in [5.41, 5.74) is 1.12. The van der Waals surface area contributed by atoms with Gasteiger partial charge in [0.1, 0.15) is 0 Å². The maximum atomic E-state index is 12.1. The van der Waals surface area contributed by atoms with Gasteiger partial charge in [-0.3, -0.25) is 15.0 Å².